The van der Waals surface area contributed by atoms with Gasteiger partial charge in [0, 0.05) is 16.8 Å². The summed E-state index contributed by atoms with van der Waals surface area (Å²) in [6.07, 6.45) is 8.79. The fourth-order valence-electron chi connectivity index (χ4n) is 7.12. The monoisotopic (exact) mass is 315 g/mol. The zero-order valence-electron chi connectivity index (χ0n) is 14.2. The van der Waals surface area contributed by atoms with Crippen LogP contribution in [0.1, 0.15) is 49.7 Å². The van der Waals surface area contributed by atoms with Crippen molar-refractivity contribution in [3.8, 4) is 0 Å². The van der Waals surface area contributed by atoms with Crippen LogP contribution in [0.4, 0.5) is 11.4 Å². The number of benzene rings is 2. The van der Waals surface area contributed by atoms with Crippen LogP contribution in [0.3, 0.4) is 0 Å². The molecule has 0 amide bonds. The highest BCUT2D eigenvalue weighted by Crippen LogP contribution is 2.67. The summed E-state index contributed by atoms with van der Waals surface area (Å²) in [4.78, 5) is 0. The molecule has 4 aliphatic rings. The van der Waals surface area contributed by atoms with E-state index < -0.39 is 0 Å². The van der Waals surface area contributed by atoms with Crippen molar-refractivity contribution in [1.29, 1.82) is 0 Å². The van der Waals surface area contributed by atoms with Crippen LogP contribution in [0.5, 0.6) is 0 Å². The van der Waals surface area contributed by atoms with Gasteiger partial charge < -0.3 is 5.32 Å². The summed E-state index contributed by atoms with van der Waals surface area (Å²) >= 11 is 0. The molecule has 0 saturated heterocycles. The highest BCUT2D eigenvalue weighted by Gasteiger charge is 2.60. The molecule has 24 heavy (non-hydrogen) atoms. The summed E-state index contributed by atoms with van der Waals surface area (Å²) < 4.78 is 0. The van der Waals surface area contributed by atoms with Crippen LogP contribution in [-0.2, 0) is 5.41 Å². The maximum atomic E-state index is 3.75. The van der Waals surface area contributed by atoms with Crippen molar-refractivity contribution in [2.45, 2.75) is 43.9 Å². The van der Waals surface area contributed by atoms with E-state index in [1.807, 2.05) is 0 Å². The molecule has 1 aliphatic heterocycles. The number of nitrogens with one attached hydrogen (secondary N) is 1. The molecular formula is C23H25N. The SMILES string of the molecule is c1ccc2c(c1)Nc1ccccc1C21C2CCC3CCC(C2)CC31. The van der Waals surface area contributed by atoms with Gasteiger partial charge in [0.15, 0.2) is 0 Å². The molecule has 4 unspecified atom stereocenters. The van der Waals surface area contributed by atoms with Gasteiger partial charge in [-0.2, -0.15) is 0 Å². The number of hydrogen-bond acceptors (Lipinski definition) is 1. The number of fused-ring (bicyclic) bond motifs is 3. The maximum Gasteiger partial charge on any atom is 0.0426 e. The first-order valence-electron chi connectivity index (χ1n) is 9.83. The molecule has 1 N–H and O–H groups in total. The summed E-state index contributed by atoms with van der Waals surface area (Å²) in [6, 6.07) is 18.4. The van der Waals surface area contributed by atoms with Gasteiger partial charge in [-0.1, -0.05) is 42.8 Å². The molecule has 3 aliphatic carbocycles. The Morgan fingerprint density at radius 3 is 2.17 bits per heavy atom. The van der Waals surface area contributed by atoms with Crippen molar-refractivity contribution in [2.75, 3.05) is 5.32 Å². The molecule has 1 heterocycles. The predicted molar refractivity (Wildman–Crippen MR) is 98.6 cm³/mol. The minimum Gasteiger partial charge on any atom is -0.355 e. The van der Waals surface area contributed by atoms with Gasteiger partial charge >= 0.3 is 0 Å². The van der Waals surface area contributed by atoms with Crippen LogP contribution in [-0.4, -0.2) is 0 Å². The van der Waals surface area contributed by atoms with E-state index in [1.165, 1.54) is 49.9 Å². The molecule has 2 aromatic carbocycles. The van der Waals surface area contributed by atoms with Crippen LogP contribution in [0, 0.1) is 23.7 Å². The van der Waals surface area contributed by atoms with E-state index in [4.69, 9.17) is 0 Å². The van der Waals surface area contributed by atoms with Gasteiger partial charge in [0.05, 0.1) is 0 Å². The lowest BCUT2D eigenvalue weighted by Crippen LogP contribution is -2.57. The Hall–Kier alpha value is -1.76. The molecule has 1 nitrogen and oxygen atoms in total. The van der Waals surface area contributed by atoms with Crippen LogP contribution in [0.2, 0.25) is 0 Å². The second-order valence-corrected chi connectivity index (χ2v) is 8.64. The first-order valence-corrected chi connectivity index (χ1v) is 9.83. The van der Waals surface area contributed by atoms with E-state index in [2.05, 4.69) is 53.8 Å². The van der Waals surface area contributed by atoms with E-state index in [1.54, 1.807) is 11.1 Å². The van der Waals surface area contributed by atoms with Crippen molar-refractivity contribution in [2.24, 2.45) is 23.7 Å². The van der Waals surface area contributed by atoms with Gasteiger partial charge in [0.1, 0.15) is 0 Å². The third-order valence-electron chi connectivity index (χ3n) is 7.85. The van der Waals surface area contributed by atoms with Crippen molar-refractivity contribution >= 4 is 11.4 Å². The molecule has 2 aromatic rings. The average molecular weight is 315 g/mol. The van der Waals surface area contributed by atoms with Gasteiger partial charge in [-0.3, -0.25) is 0 Å². The van der Waals surface area contributed by atoms with Crippen molar-refractivity contribution in [3.63, 3.8) is 0 Å². The van der Waals surface area contributed by atoms with Crippen molar-refractivity contribution in [1.82, 2.24) is 0 Å². The van der Waals surface area contributed by atoms with E-state index in [-0.39, 0.29) is 5.41 Å². The Balaban J connectivity index is 1.68. The largest absolute Gasteiger partial charge is 0.355 e. The molecule has 3 fully saturated rings. The molecule has 122 valence electrons. The Bertz CT molecular complexity index is 758. The second-order valence-electron chi connectivity index (χ2n) is 8.64. The van der Waals surface area contributed by atoms with E-state index in [0.29, 0.717) is 0 Å². The first-order chi connectivity index (χ1) is 11.9. The summed E-state index contributed by atoms with van der Waals surface area (Å²) in [5.74, 6) is 3.63. The standard InChI is InChI=1S/C23H25N/c1-3-7-21-18(5-1)23(19-6-2-4-8-22(19)24-21)17-12-11-16-10-9-15(13-17)14-20(16)23/h1-8,15-17,20,24H,9-14H2. The minimum absolute atomic E-state index is 0.276. The number of anilines is 2. The second kappa shape index (κ2) is 4.65. The Morgan fingerprint density at radius 2 is 1.42 bits per heavy atom. The van der Waals surface area contributed by atoms with Gasteiger partial charge in [0.25, 0.3) is 0 Å². The predicted octanol–water partition coefficient (Wildman–Crippen LogP) is 5.88. The third-order valence-corrected chi connectivity index (χ3v) is 7.85. The molecule has 3 saturated carbocycles. The third kappa shape index (κ3) is 1.52. The Labute approximate surface area is 144 Å². The number of para-hydroxylation sites is 2. The smallest absolute Gasteiger partial charge is 0.0426 e. The molecule has 6 rings (SSSR count). The van der Waals surface area contributed by atoms with Gasteiger partial charge in [-0.05, 0) is 79.0 Å². The molecule has 0 aromatic heterocycles. The molecule has 1 spiro atoms. The van der Waals surface area contributed by atoms with Crippen LogP contribution in [0.25, 0.3) is 0 Å². The summed E-state index contributed by atoms with van der Waals surface area (Å²) in [5.41, 5.74) is 6.21. The average Bonchev–Trinajstić information content (AvgIpc) is 2.61. The highest BCUT2D eigenvalue weighted by atomic mass is 14.9. The number of hydrogen-bond donors (Lipinski definition) is 1. The van der Waals surface area contributed by atoms with E-state index in [0.717, 1.165) is 23.7 Å². The van der Waals surface area contributed by atoms with E-state index >= 15 is 0 Å². The van der Waals surface area contributed by atoms with Crippen LogP contribution in [0.15, 0.2) is 48.5 Å². The van der Waals surface area contributed by atoms with Gasteiger partial charge in [-0.25, -0.2) is 0 Å². The lowest BCUT2D eigenvalue weighted by molar-refractivity contribution is -0.0339. The zero-order valence-corrected chi connectivity index (χ0v) is 14.2. The molecule has 1 heteroatoms. The molecule has 0 radical (unpaired) electrons. The summed E-state index contributed by atoms with van der Waals surface area (Å²) in [5, 5.41) is 3.75. The fraction of sp³-hybridized carbons (Fsp3) is 0.478. The van der Waals surface area contributed by atoms with Crippen LogP contribution >= 0.6 is 0 Å². The van der Waals surface area contributed by atoms with E-state index in [9.17, 15) is 0 Å². The van der Waals surface area contributed by atoms with Crippen molar-refractivity contribution < 1.29 is 0 Å². The van der Waals surface area contributed by atoms with Crippen LogP contribution < -0.4 is 5.32 Å². The van der Waals surface area contributed by atoms with Crippen molar-refractivity contribution in [3.05, 3.63) is 59.7 Å². The Morgan fingerprint density at radius 1 is 0.750 bits per heavy atom. The molecular weight excluding hydrogens is 290 g/mol. The van der Waals surface area contributed by atoms with Gasteiger partial charge in [-0.15, -0.1) is 0 Å². The lowest BCUT2D eigenvalue weighted by atomic mass is 9.42. The fourth-order valence-corrected chi connectivity index (χ4v) is 7.12. The number of rotatable bonds is 0. The first kappa shape index (κ1) is 13.5. The maximum absolute atomic E-state index is 3.75. The van der Waals surface area contributed by atoms with Gasteiger partial charge in [0.2, 0.25) is 0 Å². The highest BCUT2D eigenvalue weighted by molar-refractivity contribution is 5.76. The minimum atomic E-state index is 0.276. The summed E-state index contributed by atoms with van der Waals surface area (Å²) in [7, 11) is 0. The molecule has 3 bridgehead atoms. The lowest BCUT2D eigenvalue weighted by Gasteiger charge is -2.62. The summed E-state index contributed by atoms with van der Waals surface area (Å²) in [6.45, 7) is 0. The Kier molecular flexibility index (Phi) is 2.62. The zero-order chi connectivity index (χ0) is 15.7. The topological polar surface area (TPSA) is 12.0 Å². The quantitative estimate of drug-likeness (QED) is 0.640. The normalized spacial score (nSPS) is 34.3. The molecule has 4 atom stereocenters.